The van der Waals surface area contributed by atoms with Gasteiger partial charge in [0.05, 0.1) is 18.6 Å². The van der Waals surface area contributed by atoms with E-state index in [0.29, 0.717) is 41.8 Å². The summed E-state index contributed by atoms with van der Waals surface area (Å²) < 4.78 is 72.1. The Kier molecular flexibility index (Phi) is 11.4. The second-order valence-electron chi connectivity index (χ2n) is 14.3. The molecule has 5 heterocycles. The number of methoxy groups -OCH3 is 1. The molecule has 288 valence electrons. The number of nitrogens with zero attached hydrogens (tertiary/aromatic N) is 6. The molecule has 3 saturated heterocycles. The maximum Gasteiger partial charge on any atom is 0.490 e. The number of hydrogen-bond donors (Lipinski definition) is 1. The van der Waals surface area contributed by atoms with Crippen molar-refractivity contribution in [3.05, 3.63) is 65.0 Å². The third-order valence-corrected chi connectivity index (χ3v) is 12.5. The second-order valence-corrected chi connectivity index (χ2v) is 16.1. The number of aromatic nitrogens is 2. The number of sulfonamides is 1. The second kappa shape index (κ2) is 15.6. The van der Waals surface area contributed by atoms with E-state index in [1.165, 1.54) is 29.0 Å². The quantitative estimate of drug-likeness (QED) is 0.301. The normalized spacial score (nSPS) is 20.7. The lowest BCUT2D eigenvalue weighted by atomic mass is 9.88. The molecule has 1 aromatic carbocycles. The summed E-state index contributed by atoms with van der Waals surface area (Å²) in [7, 11) is -2.26. The van der Waals surface area contributed by atoms with Gasteiger partial charge in [0, 0.05) is 51.5 Å². The van der Waals surface area contributed by atoms with Crippen LogP contribution in [0.4, 0.5) is 19.0 Å². The van der Waals surface area contributed by atoms with E-state index in [1.54, 1.807) is 33.1 Å². The fourth-order valence-electron chi connectivity index (χ4n) is 7.56. The molecule has 0 bridgehead atoms. The Labute approximate surface area is 306 Å². The third kappa shape index (κ3) is 8.95. The number of rotatable bonds is 10. The summed E-state index contributed by atoms with van der Waals surface area (Å²) in [5.74, 6) is -0.106. The monoisotopic (exact) mass is 762 g/mol. The van der Waals surface area contributed by atoms with Crippen molar-refractivity contribution in [1.29, 1.82) is 0 Å². The Hall–Kier alpha value is -4.22. The summed E-state index contributed by atoms with van der Waals surface area (Å²) in [5, 5.41) is 7.12. The number of aryl methyl sites for hydroxylation is 2. The lowest BCUT2D eigenvalue weighted by Gasteiger charge is -2.34. The minimum absolute atomic E-state index is 0.0146. The predicted octanol–water partition coefficient (Wildman–Crippen LogP) is 4.88. The van der Waals surface area contributed by atoms with E-state index in [1.807, 2.05) is 11.1 Å². The minimum Gasteiger partial charge on any atom is -0.497 e. The number of anilines is 1. The number of fused-ring (bicyclic) bond motifs is 1. The van der Waals surface area contributed by atoms with Crippen LogP contribution in [0.1, 0.15) is 65.2 Å². The Morgan fingerprint density at radius 2 is 1.68 bits per heavy atom. The molecule has 2 aromatic heterocycles. The molecule has 4 aliphatic rings. The molecule has 7 rings (SSSR count). The molecule has 3 aliphatic heterocycles. The molecule has 1 saturated carbocycles. The molecule has 4 fully saturated rings. The van der Waals surface area contributed by atoms with Gasteiger partial charge in [0.25, 0.3) is 5.91 Å². The van der Waals surface area contributed by atoms with Crippen LogP contribution in [0.15, 0.2) is 46.0 Å². The molecule has 1 amide bonds. The van der Waals surface area contributed by atoms with Gasteiger partial charge in [-0.05, 0) is 99.2 Å². The topological polar surface area (TPSA) is 150 Å². The first-order chi connectivity index (χ1) is 25.1. The molecule has 13 nitrogen and oxygen atoms in total. The molecule has 1 N–H and O–H groups in total. The highest BCUT2D eigenvalue weighted by Gasteiger charge is 2.42. The van der Waals surface area contributed by atoms with Crippen LogP contribution >= 0.6 is 0 Å². The van der Waals surface area contributed by atoms with Crippen LogP contribution in [0.25, 0.3) is 0 Å². The summed E-state index contributed by atoms with van der Waals surface area (Å²) in [6, 6.07) is 7.72. The number of aliphatic carboxylic acids is 1. The van der Waals surface area contributed by atoms with Gasteiger partial charge in [0.2, 0.25) is 15.9 Å². The number of carbonyl (C=O) groups excluding carboxylic acids is 1. The van der Waals surface area contributed by atoms with Crippen LogP contribution in [0, 0.1) is 25.7 Å². The van der Waals surface area contributed by atoms with Crippen molar-refractivity contribution < 1.29 is 45.4 Å². The van der Waals surface area contributed by atoms with Crippen molar-refractivity contribution in [2.75, 3.05) is 51.3 Å². The van der Waals surface area contributed by atoms with Crippen molar-refractivity contribution in [2.45, 2.75) is 76.2 Å². The number of carbonyl (C=O) groups is 2. The number of likely N-dealkylation sites (tertiary alicyclic amines) is 2. The predicted molar refractivity (Wildman–Crippen MR) is 187 cm³/mol. The number of pyridine rings is 1. The number of carboxylic acids is 1. The van der Waals surface area contributed by atoms with Crippen LogP contribution in [0.5, 0.6) is 5.75 Å². The van der Waals surface area contributed by atoms with Crippen LogP contribution in [0.3, 0.4) is 0 Å². The standard InChI is InChI=1S/C34H44N6O5S.C2HF3O2/c1-23-14-29(44-3)15-24(2)33(23)46(42,43)40(28-7-8-28)21-32-36-30(22-45-32)34(41)39-19-26-10-13-37(18-27(26)20-39)17-25-6-9-31(35-16-25)38-11-4-5-12-38;3-2(4,5)1(6)7/h6,9,14-16,22,26-28H,4-5,7-8,10-13,17-21H2,1-3H3;(H,6,7). The smallest absolute Gasteiger partial charge is 0.490 e. The fraction of sp³-hybridized carbons (Fsp3) is 0.556. The van der Waals surface area contributed by atoms with Gasteiger partial charge < -0.3 is 24.1 Å². The number of ether oxygens (including phenoxy) is 1. The number of hydrogen-bond acceptors (Lipinski definition) is 10. The molecule has 3 aromatic rings. The fourth-order valence-corrected chi connectivity index (χ4v) is 9.61. The van der Waals surface area contributed by atoms with Crippen molar-refractivity contribution in [1.82, 2.24) is 24.1 Å². The Morgan fingerprint density at radius 3 is 2.26 bits per heavy atom. The zero-order valence-corrected chi connectivity index (χ0v) is 30.8. The van der Waals surface area contributed by atoms with E-state index in [-0.39, 0.29) is 35.0 Å². The molecule has 17 heteroatoms. The molecule has 2 unspecified atom stereocenters. The molecule has 2 atom stereocenters. The van der Waals surface area contributed by atoms with Gasteiger partial charge in [-0.25, -0.2) is 23.2 Å². The van der Waals surface area contributed by atoms with Crippen molar-refractivity contribution in [3.63, 3.8) is 0 Å². The molecule has 0 radical (unpaired) electrons. The first-order valence-electron chi connectivity index (χ1n) is 17.8. The highest BCUT2D eigenvalue weighted by molar-refractivity contribution is 7.89. The van der Waals surface area contributed by atoms with Crippen molar-refractivity contribution >= 4 is 27.7 Å². The Balaban J connectivity index is 0.000000626. The van der Waals surface area contributed by atoms with Gasteiger partial charge in [-0.3, -0.25) is 9.69 Å². The van der Waals surface area contributed by atoms with E-state index in [9.17, 15) is 26.4 Å². The van der Waals surface area contributed by atoms with Gasteiger partial charge in [0.15, 0.2) is 5.69 Å². The van der Waals surface area contributed by atoms with Gasteiger partial charge >= 0.3 is 12.1 Å². The third-order valence-electron chi connectivity index (χ3n) is 10.3. The number of amides is 1. The minimum atomic E-state index is -5.08. The van der Waals surface area contributed by atoms with Gasteiger partial charge in [-0.1, -0.05) is 6.07 Å². The average molecular weight is 763 g/mol. The number of alkyl halides is 3. The van der Waals surface area contributed by atoms with Crippen LogP contribution in [-0.4, -0.2) is 108 Å². The summed E-state index contributed by atoms with van der Waals surface area (Å²) in [4.78, 5) is 38.7. The molecule has 53 heavy (non-hydrogen) atoms. The van der Waals surface area contributed by atoms with E-state index in [4.69, 9.17) is 24.0 Å². The SMILES string of the molecule is COc1cc(C)c(S(=O)(=O)N(Cc2nc(C(=O)N3CC4CCN(Cc5ccc(N6CCCC6)nc5)CC4C3)co2)C2CC2)c(C)c1.O=C(O)C(F)(F)F. The first kappa shape index (κ1) is 38.5. The van der Waals surface area contributed by atoms with Gasteiger partial charge in [-0.15, -0.1) is 0 Å². The summed E-state index contributed by atoms with van der Waals surface area (Å²) in [5.41, 5.74) is 2.72. The summed E-state index contributed by atoms with van der Waals surface area (Å²) >= 11 is 0. The van der Waals surface area contributed by atoms with E-state index >= 15 is 0 Å². The summed E-state index contributed by atoms with van der Waals surface area (Å²) in [6.07, 6.45) is 3.42. The van der Waals surface area contributed by atoms with Crippen LogP contribution in [-0.2, 0) is 27.9 Å². The highest BCUT2D eigenvalue weighted by atomic mass is 32.2. The zero-order valence-electron chi connectivity index (χ0n) is 30.0. The number of benzene rings is 1. The lowest BCUT2D eigenvalue weighted by molar-refractivity contribution is -0.192. The number of halogens is 3. The van der Waals surface area contributed by atoms with Gasteiger partial charge in [-0.2, -0.15) is 17.5 Å². The largest absolute Gasteiger partial charge is 0.497 e. The zero-order chi connectivity index (χ0) is 38.1. The maximum absolute atomic E-state index is 13.9. The number of piperidine rings is 1. The average Bonchev–Trinajstić information content (AvgIpc) is 3.46. The first-order valence-corrected chi connectivity index (χ1v) is 19.2. The molecule has 0 spiro atoms. The maximum atomic E-state index is 13.9. The van der Waals surface area contributed by atoms with Crippen molar-refractivity contribution in [3.8, 4) is 5.75 Å². The highest BCUT2D eigenvalue weighted by Crippen LogP contribution is 2.37. The Bertz CT molecular complexity index is 1870. The number of oxazole rings is 1. The lowest BCUT2D eigenvalue weighted by Crippen LogP contribution is -2.39. The van der Waals surface area contributed by atoms with Gasteiger partial charge in [0.1, 0.15) is 17.8 Å². The summed E-state index contributed by atoms with van der Waals surface area (Å²) in [6.45, 7) is 9.96. The van der Waals surface area contributed by atoms with E-state index in [2.05, 4.69) is 26.9 Å². The number of carboxylic acid groups (broad SMARTS) is 1. The molecule has 1 aliphatic carbocycles. The molecular formula is C36H45F3N6O7S. The van der Waals surface area contributed by atoms with Crippen molar-refractivity contribution in [2.24, 2.45) is 11.8 Å². The van der Waals surface area contributed by atoms with Crippen LogP contribution < -0.4 is 9.64 Å². The van der Waals surface area contributed by atoms with E-state index in [0.717, 1.165) is 57.8 Å². The Morgan fingerprint density at radius 1 is 1.02 bits per heavy atom. The molecular weight excluding hydrogens is 717 g/mol. The van der Waals surface area contributed by atoms with E-state index < -0.39 is 22.2 Å². The van der Waals surface area contributed by atoms with Crippen LogP contribution in [0.2, 0.25) is 0 Å².